The third-order valence-corrected chi connectivity index (χ3v) is 6.03. The second-order valence-electron chi connectivity index (χ2n) is 7.49. The number of hydrogen-bond acceptors (Lipinski definition) is 2. The molecule has 0 amide bonds. The van der Waals surface area contributed by atoms with Gasteiger partial charge in [0.05, 0.1) is 16.6 Å². The summed E-state index contributed by atoms with van der Waals surface area (Å²) in [5.41, 5.74) is 4.27. The van der Waals surface area contributed by atoms with Crippen LogP contribution in [0, 0.1) is 0 Å². The van der Waals surface area contributed by atoms with Gasteiger partial charge in [0.1, 0.15) is 5.65 Å². The number of pyridine rings is 2. The molecule has 3 heterocycles. The third-order valence-electron chi connectivity index (χ3n) is 6.03. The highest BCUT2D eigenvalue weighted by Gasteiger charge is 2.18. The zero-order chi connectivity index (χ0) is 18.9. The molecule has 0 aliphatic carbocycles. The van der Waals surface area contributed by atoms with Crippen LogP contribution in [0.5, 0.6) is 0 Å². The lowest BCUT2D eigenvalue weighted by molar-refractivity contribution is 1.29. The minimum Gasteiger partial charge on any atom is -0.292 e. The van der Waals surface area contributed by atoms with Gasteiger partial charge in [-0.3, -0.25) is 9.38 Å². The van der Waals surface area contributed by atoms with Gasteiger partial charge in [0.15, 0.2) is 0 Å². The molecule has 0 aliphatic heterocycles. The summed E-state index contributed by atoms with van der Waals surface area (Å²) >= 11 is 0. The van der Waals surface area contributed by atoms with Crippen molar-refractivity contribution in [3.05, 3.63) is 91.3 Å². The van der Waals surface area contributed by atoms with Crippen molar-refractivity contribution in [3.8, 4) is 0 Å². The Hall–Kier alpha value is -3.98. The van der Waals surface area contributed by atoms with Gasteiger partial charge in [0.25, 0.3) is 0 Å². The molecule has 0 spiro atoms. The van der Waals surface area contributed by atoms with E-state index >= 15 is 0 Å². The number of imidazole rings is 1. The van der Waals surface area contributed by atoms with Crippen molar-refractivity contribution in [2.24, 2.45) is 0 Å². The molecule has 134 valence electrons. The lowest BCUT2D eigenvalue weighted by Gasteiger charge is -2.14. The number of rotatable bonds is 0. The van der Waals surface area contributed by atoms with Crippen LogP contribution in [0.4, 0.5) is 0 Å². The van der Waals surface area contributed by atoms with Crippen LogP contribution >= 0.6 is 0 Å². The molecule has 0 unspecified atom stereocenters. The Balaban J connectivity index is 1.98. The van der Waals surface area contributed by atoms with E-state index in [2.05, 4.69) is 82.2 Å². The van der Waals surface area contributed by atoms with E-state index in [-0.39, 0.29) is 0 Å². The molecule has 3 nitrogen and oxygen atoms in total. The summed E-state index contributed by atoms with van der Waals surface area (Å²) in [6, 6.07) is 27.8. The monoisotopic (exact) mass is 369 g/mol. The van der Waals surface area contributed by atoms with Crippen molar-refractivity contribution in [2.45, 2.75) is 0 Å². The standard InChI is InChI=1S/C26H15N3/c1-3-9-18-16(7-1)17-8-2-4-10-19(17)25-24(18)20-15-27-14-13-22(20)29-23-12-6-5-11-21(23)28-26(25)29/h1-15H. The Kier molecular flexibility index (Phi) is 2.74. The summed E-state index contributed by atoms with van der Waals surface area (Å²) < 4.78 is 2.29. The van der Waals surface area contributed by atoms with Gasteiger partial charge in [-0.25, -0.2) is 4.98 Å². The van der Waals surface area contributed by atoms with E-state index in [0.29, 0.717) is 0 Å². The zero-order valence-corrected chi connectivity index (χ0v) is 15.5. The first-order chi connectivity index (χ1) is 14.4. The normalized spacial score (nSPS) is 12.1. The molecule has 0 N–H and O–H groups in total. The maximum absolute atomic E-state index is 5.09. The van der Waals surface area contributed by atoms with Crippen molar-refractivity contribution < 1.29 is 0 Å². The predicted molar refractivity (Wildman–Crippen MR) is 121 cm³/mol. The van der Waals surface area contributed by atoms with Gasteiger partial charge in [0.2, 0.25) is 0 Å². The number of benzene rings is 4. The van der Waals surface area contributed by atoms with Crippen molar-refractivity contribution >= 4 is 59.9 Å². The zero-order valence-electron chi connectivity index (χ0n) is 15.5. The van der Waals surface area contributed by atoms with Crippen LogP contribution in [0.3, 0.4) is 0 Å². The Morgan fingerprint density at radius 2 is 1.21 bits per heavy atom. The van der Waals surface area contributed by atoms with Crippen molar-refractivity contribution in [1.29, 1.82) is 0 Å². The van der Waals surface area contributed by atoms with E-state index in [9.17, 15) is 0 Å². The second-order valence-corrected chi connectivity index (χ2v) is 7.49. The average molecular weight is 369 g/mol. The van der Waals surface area contributed by atoms with E-state index in [0.717, 1.165) is 27.6 Å². The Morgan fingerprint density at radius 3 is 2.00 bits per heavy atom. The quantitative estimate of drug-likeness (QED) is 0.286. The van der Waals surface area contributed by atoms with Crippen LogP contribution < -0.4 is 0 Å². The molecule has 0 saturated heterocycles. The van der Waals surface area contributed by atoms with Gasteiger partial charge in [-0.1, -0.05) is 60.7 Å². The Morgan fingerprint density at radius 1 is 0.552 bits per heavy atom. The van der Waals surface area contributed by atoms with E-state index in [1.54, 1.807) is 0 Å². The fourth-order valence-corrected chi connectivity index (χ4v) is 4.87. The fraction of sp³-hybridized carbons (Fsp3) is 0. The molecule has 7 aromatic rings. The first kappa shape index (κ1) is 15.0. The van der Waals surface area contributed by atoms with Gasteiger partial charge in [0, 0.05) is 28.6 Å². The second kappa shape index (κ2) is 5.30. The summed E-state index contributed by atoms with van der Waals surface area (Å²) in [6.45, 7) is 0. The number of hydrogen-bond donors (Lipinski definition) is 0. The third kappa shape index (κ3) is 1.82. The van der Waals surface area contributed by atoms with E-state index < -0.39 is 0 Å². The molecule has 0 radical (unpaired) electrons. The van der Waals surface area contributed by atoms with Gasteiger partial charge in [-0.2, -0.15) is 0 Å². The summed E-state index contributed by atoms with van der Waals surface area (Å²) in [5.74, 6) is 0. The van der Waals surface area contributed by atoms with Gasteiger partial charge < -0.3 is 0 Å². The molecule has 0 atom stereocenters. The Labute approximate surface area is 165 Å². The summed E-state index contributed by atoms with van der Waals surface area (Å²) in [6.07, 6.45) is 3.86. The average Bonchev–Trinajstić information content (AvgIpc) is 3.18. The summed E-state index contributed by atoms with van der Waals surface area (Å²) in [4.78, 5) is 9.58. The number of aromatic nitrogens is 3. The number of para-hydroxylation sites is 2. The highest BCUT2D eigenvalue weighted by Crippen LogP contribution is 2.41. The van der Waals surface area contributed by atoms with Crippen molar-refractivity contribution in [1.82, 2.24) is 14.4 Å². The topological polar surface area (TPSA) is 30.2 Å². The first-order valence-electron chi connectivity index (χ1n) is 9.78. The lowest BCUT2D eigenvalue weighted by Crippen LogP contribution is -1.94. The number of fused-ring (bicyclic) bond motifs is 13. The molecule has 0 fully saturated rings. The minimum atomic E-state index is 1.00. The minimum absolute atomic E-state index is 1.00. The molecule has 3 aromatic heterocycles. The smallest absolute Gasteiger partial charge is 0.147 e. The fourth-order valence-electron chi connectivity index (χ4n) is 4.87. The summed E-state index contributed by atoms with van der Waals surface area (Å²) in [5, 5.41) is 8.57. The van der Waals surface area contributed by atoms with Gasteiger partial charge >= 0.3 is 0 Å². The van der Waals surface area contributed by atoms with Crippen LogP contribution in [-0.2, 0) is 0 Å². The van der Waals surface area contributed by atoms with Crippen LogP contribution in [0.25, 0.3) is 59.9 Å². The molecule has 0 aliphatic rings. The molecular weight excluding hydrogens is 354 g/mol. The molecule has 29 heavy (non-hydrogen) atoms. The number of nitrogens with zero attached hydrogens (tertiary/aromatic N) is 3. The van der Waals surface area contributed by atoms with Gasteiger partial charge in [-0.15, -0.1) is 0 Å². The first-order valence-corrected chi connectivity index (χ1v) is 9.78. The van der Waals surface area contributed by atoms with Crippen LogP contribution in [0.1, 0.15) is 0 Å². The van der Waals surface area contributed by atoms with Crippen LogP contribution in [-0.4, -0.2) is 14.4 Å². The van der Waals surface area contributed by atoms with Gasteiger partial charge in [-0.05, 0) is 39.7 Å². The molecule has 0 saturated carbocycles. The van der Waals surface area contributed by atoms with Crippen LogP contribution in [0.2, 0.25) is 0 Å². The maximum atomic E-state index is 5.09. The van der Waals surface area contributed by atoms with Crippen LogP contribution in [0.15, 0.2) is 91.3 Å². The highest BCUT2D eigenvalue weighted by molar-refractivity contribution is 6.34. The van der Waals surface area contributed by atoms with Crippen molar-refractivity contribution in [2.75, 3.05) is 0 Å². The Bertz CT molecular complexity index is 1760. The maximum Gasteiger partial charge on any atom is 0.147 e. The predicted octanol–water partition coefficient (Wildman–Crippen LogP) is 6.50. The molecule has 3 heteroatoms. The summed E-state index contributed by atoms with van der Waals surface area (Å²) in [7, 11) is 0. The highest BCUT2D eigenvalue weighted by atomic mass is 15.0. The molecule has 7 rings (SSSR count). The molecular formula is C26H15N3. The molecule has 0 bridgehead atoms. The SMILES string of the molecule is c1ccc2c(c1)nc1c3c4ccccc4c4ccccc4c3c3cnccc3n21. The lowest BCUT2D eigenvalue weighted by atomic mass is 9.93. The van der Waals surface area contributed by atoms with E-state index in [4.69, 9.17) is 4.98 Å². The van der Waals surface area contributed by atoms with E-state index in [1.165, 1.54) is 32.3 Å². The largest absolute Gasteiger partial charge is 0.292 e. The van der Waals surface area contributed by atoms with E-state index in [1.807, 2.05) is 18.5 Å². The van der Waals surface area contributed by atoms with Crippen molar-refractivity contribution in [3.63, 3.8) is 0 Å². The molecule has 4 aromatic carbocycles.